The van der Waals surface area contributed by atoms with E-state index in [0.29, 0.717) is 35.2 Å². The normalized spacial score (nSPS) is 15.0. The summed E-state index contributed by atoms with van der Waals surface area (Å²) in [6.07, 6.45) is 6.66. The number of amides is 2. The van der Waals surface area contributed by atoms with Crippen LogP contribution < -0.4 is 10.1 Å². The third-order valence-corrected chi connectivity index (χ3v) is 6.60. The molecular weight excluding hydrogens is 459 g/mol. The zero-order chi connectivity index (χ0) is 23.6. The number of nitrogens with zero attached hydrogens (tertiary/aromatic N) is 1. The molecule has 1 saturated carbocycles. The van der Waals surface area contributed by atoms with E-state index in [1.165, 1.54) is 6.42 Å². The Morgan fingerprint density at radius 3 is 2.48 bits per heavy atom. The van der Waals surface area contributed by atoms with E-state index in [9.17, 15) is 9.59 Å². The van der Waals surface area contributed by atoms with Gasteiger partial charge in [0.2, 0.25) is 5.91 Å². The van der Waals surface area contributed by atoms with Gasteiger partial charge in [0.05, 0.1) is 5.02 Å². The zero-order valence-electron chi connectivity index (χ0n) is 19.1. The van der Waals surface area contributed by atoms with E-state index in [1.807, 2.05) is 37.3 Å². The number of hydrogen-bond acceptors (Lipinski definition) is 3. The Bertz CT molecular complexity index is 917. The molecule has 7 heteroatoms. The molecule has 0 aliphatic heterocycles. The summed E-state index contributed by atoms with van der Waals surface area (Å²) in [5, 5.41) is 4.02. The molecule has 178 valence electrons. The minimum Gasteiger partial charge on any atom is -0.482 e. The Kier molecular flexibility index (Phi) is 9.89. The highest BCUT2D eigenvalue weighted by Crippen LogP contribution is 2.27. The van der Waals surface area contributed by atoms with Crippen LogP contribution in [0.15, 0.2) is 48.5 Å². The number of carbonyl (C=O) groups is 2. The molecular formula is C26H32Cl2N2O3. The van der Waals surface area contributed by atoms with E-state index in [1.54, 1.807) is 23.1 Å². The molecule has 0 aromatic heterocycles. The number of halogens is 2. The fraction of sp³-hybridized carbons (Fsp3) is 0.462. The third kappa shape index (κ3) is 7.65. The first-order valence-electron chi connectivity index (χ1n) is 11.7. The Morgan fingerprint density at radius 1 is 1.09 bits per heavy atom. The van der Waals surface area contributed by atoms with Crippen molar-refractivity contribution in [2.75, 3.05) is 13.2 Å². The molecule has 1 fully saturated rings. The minimum absolute atomic E-state index is 0.0877. The third-order valence-electron chi connectivity index (χ3n) is 6.07. The van der Waals surface area contributed by atoms with Gasteiger partial charge in [0.25, 0.3) is 5.91 Å². The minimum atomic E-state index is -0.549. The first kappa shape index (κ1) is 25.4. The predicted molar refractivity (Wildman–Crippen MR) is 133 cm³/mol. The van der Waals surface area contributed by atoms with Crippen LogP contribution >= 0.6 is 23.2 Å². The van der Waals surface area contributed by atoms with Crippen LogP contribution in [0.3, 0.4) is 0 Å². The summed E-state index contributed by atoms with van der Waals surface area (Å²) in [6.45, 7) is 2.16. The Labute approximate surface area is 206 Å². The van der Waals surface area contributed by atoms with Crippen LogP contribution in [0.25, 0.3) is 0 Å². The number of nitrogens with one attached hydrogen (secondary N) is 1. The molecule has 33 heavy (non-hydrogen) atoms. The number of hydrogen-bond donors (Lipinski definition) is 1. The van der Waals surface area contributed by atoms with Crippen LogP contribution in [0.2, 0.25) is 10.0 Å². The van der Waals surface area contributed by atoms with E-state index >= 15 is 0 Å². The van der Waals surface area contributed by atoms with Gasteiger partial charge in [-0.1, -0.05) is 79.7 Å². The van der Waals surface area contributed by atoms with Gasteiger partial charge in [0, 0.05) is 17.6 Å². The molecule has 0 spiro atoms. The molecule has 0 saturated heterocycles. The maximum Gasteiger partial charge on any atom is 0.261 e. The molecule has 1 unspecified atom stereocenters. The van der Waals surface area contributed by atoms with Crippen LogP contribution in [-0.4, -0.2) is 41.9 Å². The van der Waals surface area contributed by atoms with Gasteiger partial charge in [0.1, 0.15) is 11.8 Å². The van der Waals surface area contributed by atoms with Crippen LogP contribution in [-0.2, 0) is 16.0 Å². The molecule has 5 nitrogen and oxygen atoms in total. The standard InChI is InChI=1S/C26H32Cl2N2O3/c1-2-23(26(32)29-21-11-7-4-8-12-21)30(16-15-19-9-5-3-6-10-19)25(31)18-33-24-14-13-20(27)17-22(24)28/h3,5-6,9-10,13-14,17,21,23H,2,4,7-8,11-12,15-16,18H2,1H3,(H,29,32). The highest BCUT2D eigenvalue weighted by Gasteiger charge is 2.30. The summed E-state index contributed by atoms with van der Waals surface area (Å²) in [6, 6.07) is 14.5. The summed E-state index contributed by atoms with van der Waals surface area (Å²) < 4.78 is 5.70. The second kappa shape index (κ2) is 12.9. The SMILES string of the molecule is CCC(C(=O)NC1CCCCC1)N(CCc1ccccc1)C(=O)COc1ccc(Cl)cc1Cl. The number of rotatable bonds is 10. The van der Waals surface area contributed by atoms with Crippen LogP contribution in [0, 0.1) is 0 Å². The van der Waals surface area contributed by atoms with Gasteiger partial charge in [-0.15, -0.1) is 0 Å². The summed E-state index contributed by atoms with van der Waals surface area (Å²) in [7, 11) is 0. The summed E-state index contributed by atoms with van der Waals surface area (Å²) in [5.74, 6) is 0.0510. The van der Waals surface area contributed by atoms with Crippen molar-refractivity contribution < 1.29 is 14.3 Å². The second-order valence-corrected chi connectivity index (χ2v) is 9.30. The van der Waals surface area contributed by atoms with Gasteiger partial charge in [-0.2, -0.15) is 0 Å². The first-order chi connectivity index (χ1) is 16.0. The van der Waals surface area contributed by atoms with Gasteiger partial charge in [0.15, 0.2) is 6.61 Å². The van der Waals surface area contributed by atoms with Crippen molar-refractivity contribution in [1.82, 2.24) is 10.2 Å². The van der Waals surface area contributed by atoms with Crippen molar-refractivity contribution in [1.29, 1.82) is 0 Å². The largest absolute Gasteiger partial charge is 0.482 e. The quantitative estimate of drug-likeness (QED) is 0.466. The maximum absolute atomic E-state index is 13.3. The summed E-state index contributed by atoms with van der Waals surface area (Å²) in [5.41, 5.74) is 1.11. The molecule has 1 aliphatic rings. The molecule has 2 aromatic rings. The molecule has 1 aliphatic carbocycles. The predicted octanol–water partition coefficient (Wildman–Crippen LogP) is 5.67. The van der Waals surface area contributed by atoms with E-state index in [-0.39, 0.29) is 24.5 Å². The number of ether oxygens (including phenoxy) is 1. The molecule has 2 aromatic carbocycles. The van der Waals surface area contributed by atoms with Crippen molar-refractivity contribution in [2.24, 2.45) is 0 Å². The van der Waals surface area contributed by atoms with Crippen LogP contribution in [0.4, 0.5) is 0 Å². The first-order valence-corrected chi connectivity index (χ1v) is 12.4. The van der Waals surface area contributed by atoms with Gasteiger partial charge in [-0.25, -0.2) is 0 Å². The lowest BCUT2D eigenvalue weighted by atomic mass is 9.95. The fourth-order valence-electron chi connectivity index (χ4n) is 4.25. The maximum atomic E-state index is 13.3. The molecule has 1 atom stereocenters. The van der Waals surface area contributed by atoms with E-state index in [2.05, 4.69) is 5.32 Å². The van der Waals surface area contributed by atoms with E-state index in [4.69, 9.17) is 27.9 Å². The molecule has 1 N–H and O–H groups in total. The van der Waals surface area contributed by atoms with E-state index in [0.717, 1.165) is 31.2 Å². The molecule has 0 bridgehead atoms. The highest BCUT2D eigenvalue weighted by molar-refractivity contribution is 6.35. The van der Waals surface area contributed by atoms with Crippen molar-refractivity contribution in [3.05, 3.63) is 64.1 Å². The van der Waals surface area contributed by atoms with Gasteiger partial charge in [-0.3, -0.25) is 9.59 Å². The average Bonchev–Trinajstić information content (AvgIpc) is 2.82. The molecule has 2 amide bonds. The lowest BCUT2D eigenvalue weighted by Gasteiger charge is -2.32. The van der Waals surface area contributed by atoms with Gasteiger partial charge in [-0.05, 0) is 49.4 Å². The monoisotopic (exact) mass is 490 g/mol. The average molecular weight is 491 g/mol. The smallest absolute Gasteiger partial charge is 0.261 e. The fourth-order valence-corrected chi connectivity index (χ4v) is 4.72. The zero-order valence-corrected chi connectivity index (χ0v) is 20.6. The van der Waals surface area contributed by atoms with Crippen LogP contribution in [0.5, 0.6) is 5.75 Å². The highest BCUT2D eigenvalue weighted by atomic mass is 35.5. The lowest BCUT2D eigenvalue weighted by molar-refractivity contribution is -0.142. The van der Waals surface area contributed by atoms with Crippen molar-refractivity contribution in [3.63, 3.8) is 0 Å². The Morgan fingerprint density at radius 2 is 1.82 bits per heavy atom. The molecule has 0 radical (unpaired) electrons. The van der Waals surface area contributed by atoms with Gasteiger partial charge < -0.3 is 15.0 Å². The second-order valence-electron chi connectivity index (χ2n) is 8.45. The Hall–Kier alpha value is -2.24. The molecule has 3 rings (SSSR count). The number of benzene rings is 2. The number of carbonyl (C=O) groups excluding carboxylic acids is 2. The summed E-state index contributed by atoms with van der Waals surface area (Å²) >= 11 is 12.1. The van der Waals surface area contributed by atoms with Crippen molar-refractivity contribution >= 4 is 35.0 Å². The topological polar surface area (TPSA) is 58.6 Å². The Balaban J connectivity index is 1.71. The van der Waals surface area contributed by atoms with Gasteiger partial charge >= 0.3 is 0 Å². The van der Waals surface area contributed by atoms with Crippen molar-refractivity contribution in [2.45, 2.75) is 64.0 Å². The van der Waals surface area contributed by atoms with Crippen molar-refractivity contribution in [3.8, 4) is 5.75 Å². The summed E-state index contributed by atoms with van der Waals surface area (Å²) in [4.78, 5) is 28.1. The van der Waals surface area contributed by atoms with Crippen LogP contribution in [0.1, 0.15) is 51.0 Å². The van der Waals surface area contributed by atoms with E-state index < -0.39 is 6.04 Å². The molecule has 0 heterocycles. The lowest BCUT2D eigenvalue weighted by Crippen LogP contribution is -2.53.